The number of hydrogen-bond acceptors (Lipinski definition) is 14. The lowest BCUT2D eigenvalue weighted by molar-refractivity contribution is -0.131. The normalized spacial score (nSPS) is 16.5. The second-order valence-electron chi connectivity index (χ2n) is 21.3. The second-order valence-corrected chi connectivity index (χ2v) is 24.5. The molecule has 4 aliphatic rings. The van der Waals surface area contributed by atoms with Crippen LogP contribution in [0.4, 0.5) is 28.4 Å². The molecule has 0 saturated carbocycles. The number of carbonyl (C=O) groups is 6. The van der Waals surface area contributed by atoms with Gasteiger partial charge in [0.15, 0.2) is 23.0 Å². The number of amides is 5. The van der Waals surface area contributed by atoms with E-state index in [1.54, 1.807) is 94.1 Å². The van der Waals surface area contributed by atoms with Gasteiger partial charge in [-0.2, -0.15) is 0 Å². The van der Waals surface area contributed by atoms with Crippen molar-refractivity contribution in [3.05, 3.63) is 124 Å². The first-order valence-electron chi connectivity index (χ1n) is 26.8. The quantitative estimate of drug-likeness (QED) is 0.0413. The van der Waals surface area contributed by atoms with Crippen LogP contribution in [-0.2, 0) is 45.2 Å². The van der Waals surface area contributed by atoms with Crippen molar-refractivity contribution in [1.29, 1.82) is 0 Å². The van der Waals surface area contributed by atoms with Gasteiger partial charge in [0.25, 0.3) is 11.8 Å². The summed E-state index contributed by atoms with van der Waals surface area (Å²) in [5, 5.41) is 8.66. The van der Waals surface area contributed by atoms with Gasteiger partial charge in [-0.15, -0.1) is 0 Å². The van der Waals surface area contributed by atoms with Crippen molar-refractivity contribution in [3.63, 3.8) is 0 Å². The van der Waals surface area contributed by atoms with Gasteiger partial charge in [-0.05, 0) is 111 Å². The molecule has 9 rings (SSSR count). The van der Waals surface area contributed by atoms with Crippen LogP contribution in [0.3, 0.4) is 0 Å². The molecule has 5 aromatic rings. The Morgan fingerprint density at radius 1 is 0.688 bits per heavy atom. The predicted molar refractivity (Wildman–Crippen MR) is 315 cm³/mol. The number of nitrogens with one attached hydrogen (secondary N) is 3. The fourth-order valence-electron chi connectivity index (χ4n) is 10.1. The third kappa shape index (κ3) is 13.0. The van der Waals surface area contributed by atoms with Crippen LogP contribution in [-0.4, -0.2) is 96.6 Å². The number of aliphatic imine (C=N–C) groups is 2. The van der Waals surface area contributed by atoms with Crippen molar-refractivity contribution in [3.8, 4) is 23.0 Å². The molecular formula is C61H67N7O10S2. The minimum absolute atomic E-state index is 0.0245. The van der Waals surface area contributed by atoms with Crippen LogP contribution in [0.2, 0.25) is 0 Å². The van der Waals surface area contributed by atoms with E-state index in [1.807, 2.05) is 68.4 Å². The summed E-state index contributed by atoms with van der Waals surface area (Å²) in [6, 6.07) is 25.3. The molecular weight excluding hydrogens is 1050 g/mol. The molecule has 4 heterocycles. The van der Waals surface area contributed by atoms with Gasteiger partial charge in [-0.3, -0.25) is 43.8 Å². The lowest BCUT2D eigenvalue weighted by Gasteiger charge is -2.26. The van der Waals surface area contributed by atoms with Crippen molar-refractivity contribution >= 4 is 97.8 Å². The summed E-state index contributed by atoms with van der Waals surface area (Å²) in [5.74, 6) is 0.346. The number of ether oxygens (including phenoxy) is 4. The Hall–Kier alpha value is -7.64. The molecule has 4 aliphatic heterocycles. The molecule has 80 heavy (non-hydrogen) atoms. The molecule has 0 fully saturated rings. The highest BCUT2D eigenvalue weighted by Crippen LogP contribution is 2.44. The van der Waals surface area contributed by atoms with Crippen molar-refractivity contribution in [2.45, 2.75) is 122 Å². The van der Waals surface area contributed by atoms with Gasteiger partial charge < -0.3 is 39.7 Å². The van der Waals surface area contributed by atoms with Gasteiger partial charge in [0.1, 0.15) is 31.1 Å². The zero-order valence-electron chi connectivity index (χ0n) is 46.3. The number of methoxy groups -OCH3 is 2. The first kappa shape index (κ1) is 57.1. The van der Waals surface area contributed by atoms with E-state index in [0.29, 0.717) is 88.0 Å². The van der Waals surface area contributed by atoms with Crippen LogP contribution in [0.5, 0.6) is 23.0 Å². The lowest BCUT2D eigenvalue weighted by Crippen LogP contribution is -2.53. The van der Waals surface area contributed by atoms with Gasteiger partial charge >= 0.3 is 0 Å². The minimum Gasteiger partial charge on any atom is -0.493 e. The van der Waals surface area contributed by atoms with E-state index in [2.05, 4.69) is 29.8 Å². The summed E-state index contributed by atoms with van der Waals surface area (Å²) in [4.78, 5) is 93.7. The summed E-state index contributed by atoms with van der Waals surface area (Å²) >= 11 is 0. The van der Waals surface area contributed by atoms with Crippen molar-refractivity contribution in [2.75, 3.05) is 35.1 Å². The number of carbonyl (C=O) groups excluding carboxylic acids is 6. The summed E-state index contributed by atoms with van der Waals surface area (Å²) < 4.78 is 24.3. The molecule has 19 heteroatoms. The molecule has 0 radical (unpaired) electrons. The number of rotatable bonds is 23. The molecule has 4 atom stereocenters. The van der Waals surface area contributed by atoms with E-state index in [4.69, 9.17) is 28.9 Å². The van der Waals surface area contributed by atoms with Crippen LogP contribution in [0.15, 0.2) is 101 Å². The number of benzene rings is 5. The van der Waals surface area contributed by atoms with Crippen LogP contribution in [0.25, 0.3) is 0 Å². The van der Waals surface area contributed by atoms with Gasteiger partial charge in [-0.25, -0.2) is 0 Å². The molecule has 5 amide bonds. The van der Waals surface area contributed by atoms with Gasteiger partial charge in [0.2, 0.25) is 17.7 Å². The van der Waals surface area contributed by atoms with Crippen molar-refractivity contribution in [2.24, 2.45) is 15.9 Å². The van der Waals surface area contributed by atoms with E-state index in [-0.39, 0.29) is 65.9 Å². The van der Waals surface area contributed by atoms with Crippen molar-refractivity contribution in [1.82, 2.24) is 10.6 Å². The highest BCUT2D eigenvalue weighted by molar-refractivity contribution is 8.77. The maximum Gasteiger partial charge on any atom is 0.261 e. The van der Waals surface area contributed by atoms with E-state index in [0.717, 1.165) is 34.7 Å². The Balaban J connectivity index is 0.918. The molecule has 0 saturated heterocycles. The topological polar surface area (TPSA) is 207 Å². The van der Waals surface area contributed by atoms with Crippen LogP contribution < -0.4 is 44.7 Å². The Morgan fingerprint density at radius 2 is 1.21 bits per heavy atom. The summed E-state index contributed by atoms with van der Waals surface area (Å²) in [6.45, 7) is 10.9. The molecule has 418 valence electrons. The van der Waals surface area contributed by atoms with Crippen LogP contribution in [0.1, 0.15) is 110 Å². The largest absolute Gasteiger partial charge is 0.493 e. The highest BCUT2D eigenvalue weighted by Gasteiger charge is 2.38. The second kappa shape index (κ2) is 24.8. The zero-order chi connectivity index (χ0) is 56.8. The molecule has 5 aromatic carbocycles. The van der Waals surface area contributed by atoms with Gasteiger partial charge in [0.05, 0.1) is 48.8 Å². The predicted octanol–water partition coefficient (Wildman–Crippen LogP) is 10.3. The van der Waals surface area contributed by atoms with E-state index in [9.17, 15) is 28.8 Å². The average molecular weight is 1120 g/mol. The number of para-hydroxylation sites is 2. The Morgan fingerprint density at radius 3 is 1.71 bits per heavy atom. The average Bonchev–Trinajstić information content (AvgIpc) is 3.93. The van der Waals surface area contributed by atoms with Crippen LogP contribution in [0, 0.1) is 5.92 Å². The maximum atomic E-state index is 14.1. The summed E-state index contributed by atoms with van der Waals surface area (Å²) in [5.41, 5.74) is 7.05. The monoisotopic (exact) mass is 1120 g/mol. The fraction of sp³-hybridized carbons (Fsp3) is 0.377. The molecule has 0 aliphatic carbocycles. The minimum atomic E-state index is -1.02. The third-order valence-electron chi connectivity index (χ3n) is 14.4. The Kier molecular flexibility index (Phi) is 17.7. The molecule has 0 bridgehead atoms. The van der Waals surface area contributed by atoms with Crippen LogP contribution >= 0.6 is 21.6 Å². The third-order valence-corrected chi connectivity index (χ3v) is 17.8. The number of hydrogen-bond donors (Lipinski definition) is 3. The molecule has 0 unspecified atom stereocenters. The summed E-state index contributed by atoms with van der Waals surface area (Å²) in [6.07, 6.45) is 7.00. The molecule has 17 nitrogen and oxygen atoms in total. The number of nitrogens with zero attached hydrogens (tertiary/aromatic N) is 4. The lowest BCUT2D eigenvalue weighted by atomic mass is 10.0. The maximum absolute atomic E-state index is 14.1. The highest BCUT2D eigenvalue weighted by atomic mass is 33.1. The molecule has 0 spiro atoms. The number of ketones is 1. The van der Waals surface area contributed by atoms with E-state index in [1.165, 1.54) is 14.2 Å². The SMILES string of the molecule is COc1cc2c(cc1OCc1cc(COc3cc4c(cc3OC)C(=O)N3c5ccccc5C[C@H]3C=N4)cc(NC(=O)[C@H](C)NC(=O)[C@@H](NC(=O)CCC(C)(C)SSCCCC(C)=O)C(C)C)c1)N=C[C@@H]1Cc3ccccc3N1C2=O. The van der Waals surface area contributed by atoms with Gasteiger partial charge in [-0.1, -0.05) is 71.8 Å². The first-order valence-corrected chi connectivity index (χ1v) is 29.2. The Labute approximate surface area is 474 Å². The number of fused-ring (bicyclic) bond motifs is 8. The molecule has 0 aromatic heterocycles. The fourth-order valence-corrected chi connectivity index (χ4v) is 12.8. The van der Waals surface area contributed by atoms with Crippen molar-refractivity contribution < 1.29 is 47.7 Å². The summed E-state index contributed by atoms with van der Waals surface area (Å²) in [7, 11) is 6.37. The zero-order valence-corrected chi connectivity index (χ0v) is 47.9. The van der Waals surface area contributed by atoms with Gasteiger partial charge in [0, 0.05) is 77.8 Å². The Bertz CT molecular complexity index is 3130. The van der Waals surface area contributed by atoms with E-state index >= 15 is 0 Å². The first-order chi connectivity index (χ1) is 38.4. The standard InChI is InChI=1S/C61H67N7O10S2/c1-35(2)56(66-55(70)19-20-61(5,6)80-79-21-13-14-36(3)69)58(72)64-37(4)57(71)65-42-23-38(33-77-53-29-47-45(27-51(53)75-7)59(73)67-43(31-62-47)25-40-15-9-11-17-49(40)67)22-39(24-42)34-78-54-30-48-46(28-52(54)76-8)60(74)68-44(32-63-48)26-41-16-10-12-18-50(41)68/h9-12,15-18,22-24,27-32,35,37,43-44,56H,13-14,19-21,25-26,33-34H2,1-8H3,(H,64,72)(H,65,71)(H,66,70)/t37-,43-,44-,56-/m0/s1. The molecule has 3 N–H and O–H groups in total. The van der Waals surface area contributed by atoms with E-state index < -0.39 is 23.9 Å². The smallest absolute Gasteiger partial charge is 0.261 e. The number of anilines is 3. The number of Topliss-reactive ketones (excluding diaryl/α,β-unsaturated/α-hetero) is 1.